The quantitative estimate of drug-likeness (QED) is 0.767. The molecule has 0 fully saturated rings. The Kier molecular flexibility index (Phi) is 6.50. The Hall–Kier alpha value is -2.44. The third kappa shape index (κ3) is 4.78. The van der Waals surface area contributed by atoms with E-state index in [1.165, 1.54) is 32.4 Å². The Morgan fingerprint density at radius 2 is 1.84 bits per heavy atom. The molecular weight excluding hydrogens is 369 g/mol. The van der Waals surface area contributed by atoms with Crippen LogP contribution in [-0.4, -0.2) is 32.7 Å². The van der Waals surface area contributed by atoms with Gasteiger partial charge in [-0.25, -0.2) is 4.79 Å². The van der Waals surface area contributed by atoms with Crippen LogP contribution >= 0.6 is 23.2 Å². The molecule has 1 amide bonds. The molecule has 0 unspecified atom stereocenters. The Morgan fingerprint density at radius 1 is 1.08 bits per heavy atom. The zero-order valence-electron chi connectivity index (χ0n) is 13.5. The first-order valence-corrected chi connectivity index (χ1v) is 7.85. The molecule has 0 saturated heterocycles. The van der Waals surface area contributed by atoms with E-state index in [9.17, 15) is 9.59 Å². The van der Waals surface area contributed by atoms with Gasteiger partial charge < -0.3 is 19.5 Å². The summed E-state index contributed by atoms with van der Waals surface area (Å²) in [5, 5.41) is 3.18. The van der Waals surface area contributed by atoms with Crippen molar-refractivity contribution in [2.45, 2.75) is 0 Å². The molecule has 0 aromatic heterocycles. The maximum absolute atomic E-state index is 12.0. The summed E-state index contributed by atoms with van der Waals surface area (Å²) in [6, 6.07) is 9.40. The number of anilines is 1. The molecule has 0 atom stereocenters. The van der Waals surface area contributed by atoms with E-state index in [1.54, 1.807) is 18.2 Å². The summed E-state index contributed by atoms with van der Waals surface area (Å²) >= 11 is 11.9. The lowest BCUT2D eigenvalue weighted by Crippen LogP contribution is -2.20. The number of carbonyl (C=O) groups excluding carboxylic acids is 2. The monoisotopic (exact) mass is 383 g/mol. The van der Waals surface area contributed by atoms with Gasteiger partial charge in [-0.1, -0.05) is 29.3 Å². The van der Waals surface area contributed by atoms with Gasteiger partial charge in [0.05, 0.1) is 35.5 Å². The molecule has 2 rings (SSSR count). The largest absolute Gasteiger partial charge is 0.493 e. The standard InChI is InChI=1S/C17H15Cl2NO5/c1-23-14-8-10(17(22)24-2)6-7-13(14)25-9-15(21)20-12-5-3-4-11(18)16(12)19/h3-8H,9H2,1-2H3,(H,20,21). The van der Waals surface area contributed by atoms with E-state index in [-0.39, 0.29) is 11.6 Å². The number of ether oxygens (including phenoxy) is 3. The molecule has 0 aliphatic carbocycles. The zero-order chi connectivity index (χ0) is 18.4. The second-order valence-electron chi connectivity index (χ2n) is 4.80. The van der Waals surface area contributed by atoms with Crippen LogP contribution < -0.4 is 14.8 Å². The topological polar surface area (TPSA) is 73.9 Å². The second kappa shape index (κ2) is 8.60. The summed E-state index contributed by atoms with van der Waals surface area (Å²) < 4.78 is 15.2. The van der Waals surface area contributed by atoms with Crippen LogP contribution in [-0.2, 0) is 9.53 Å². The van der Waals surface area contributed by atoms with Crippen molar-refractivity contribution in [1.29, 1.82) is 0 Å². The van der Waals surface area contributed by atoms with Crippen molar-refractivity contribution >= 4 is 40.8 Å². The van der Waals surface area contributed by atoms with E-state index >= 15 is 0 Å². The number of amides is 1. The van der Waals surface area contributed by atoms with E-state index in [2.05, 4.69) is 10.1 Å². The molecule has 25 heavy (non-hydrogen) atoms. The van der Waals surface area contributed by atoms with E-state index < -0.39 is 11.9 Å². The highest BCUT2D eigenvalue weighted by molar-refractivity contribution is 6.44. The maximum Gasteiger partial charge on any atom is 0.337 e. The zero-order valence-corrected chi connectivity index (χ0v) is 15.0. The SMILES string of the molecule is COC(=O)c1ccc(OCC(=O)Nc2cccc(Cl)c2Cl)c(OC)c1. The fourth-order valence-corrected chi connectivity index (χ4v) is 2.31. The first kappa shape index (κ1) is 18.9. The van der Waals surface area contributed by atoms with Gasteiger partial charge in [0.25, 0.3) is 5.91 Å². The minimum Gasteiger partial charge on any atom is -0.493 e. The molecule has 0 spiro atoms. The van der Waals surface area contributed by atoms with Crippen molar-refractivity contribution in [2.24, 2.45) is 0 Å². The van der Waals surface area contributed by atoms with Gasteiger partial charge in [0.2, 0.25) is 0 Å². The number of halogens is 2. The molecule has 6 nitrogen and oxygen atoms in total. The van der Waals surface area contributed by atoms with Crippen molar-refractivity contribution in [3.63, 3.8) is 0 Å². The molecule has 0 heterocycles. The molecular formula is C17H15Cl2NO5. The average Bonchev–Trinajstić information content (AvgIpc) is 2.63. The summed E-state index contributed by atoms with van der Waals surface area (Å²) in [6.07, 6.45) is 0. The fourth-order valence-electron chi connectivity index (χ4n) is 1.96. The maximum atomic E-state index is 12.0. The number of benzene rings is 2. The van der Waals surface area contributed by atoms with Crippen molar-refractivity contribution in [3.05, 3.63) is 52.0 Å². The molecule has 0 radical (unpaired) electrons. The van der Waals surface area contributed by atoms with Crippen LogP contribution in [0.2, 0.25) is 10.0 Å². The molecule has 2 aromatic rings. The average molecular weight is 384 g/mol. The van der Waals surface area contributed by atoms with Crippen LogP contribution in [0.15, 0.2) is 36.4 Å². The Balaban J connectivity index is 2.04. The minimum atomic E-state index is -0.502. The van der Waals surface area contributed by atoms with E-state index in [0.717, 1.165) is 0 Å². The lowest BCUT2D eigenvalue weighted by molar-refractivity contribution is -0.118. The highest BCUT2D eigenvalue weighted by Crippen LogP contribution is 2.30. The number of hydrogen-bond acceptors (Lipinski definition) is 5. The van der Waals surface area contributed by atoms with Gasteiger partial charge in [-0.15, -0.1) is 0 Å². The highest BCUT2D eigenvalue weighted by Gasteiger charge is 2.13. The lowest BCUT2D eigenvalue weighted by atomic mass is 10.2. The molecule has 8 heteroatoms. The van der Waals surface area contributed by atoms with Crippen LogP contribution in [0.4, 0.5) is 5.69 Å². The second-order valence-corrected chi connectivity index (χ2v) is 5.58. The number of nitrogens with one attached hydrogen (secondary N) is 1. The van der Waals surface area contributed by atoms with Crippen molar-refractivity contribution in [1.82, 2.24) is 0 Å². The molecule has 0 saturated carbocycles. The van der Waals surface area contributed by atoms with Crippen LogP contribution in [0, 0.1) is 0 Å². The van der Waals surface area contributed by atoms with Crippen LogP contribution in [0.5, 0.6) is 11.5 Å². The minimum absolute atomic E-state index is 0.248. The predicted molar refractivity (Wildman–Crippen MR) is 94.9 cm³/mol. The van der Waals surface area contributed by atoms with Gasteiger partial charge >= 0.3 is 5.97 Å². The first-order valence-electron chi connectivity index (χ1n) is 7.09. The number of carbonyl (C=O) groups is 2. The number of rotatable bonds is 6. The molecule has 0 bridgehead atoms. The third-order valence-electron chi connectivity index (χ3n) is 3.17. The van der Waals surface area contributed by atoms with Crippen LogP contribution in [0.1, 0.15) is 10.4 Å². The van der Waals surface area contributed by atoms with Gasteiger partial charge in [-0.05, 0) is 30.3 Å². The molecule has 0 aliphatic rings. The Labute approximate surface area is 154 Å². The van der Waals surface area contributed by atoms with E-state index in [0.29, 0.717) is 27.8 Å². The molecule has 1 N–H and O–H groups in total. The van der Waals surface area contributed by atoms with Gasteiger partial charge in [-0.3, -0.25) is 4.79 Å². The van der Waals surface area contributed by atoms with Gasteiger partial charge in [0, 0.05) is 0 Å². The van der Waals surface area contributed by atoms with Crippen LogP contribution in [0.25, 0.3) is 0 Å². The summed E-state index contributed by atoms with van der Waals surface area (Å²) in [5.41, 5.74) is 0.692. The van der Waals surface area contributed by atoms with Crippen LogP contribution in [0.3, 0.4) is 0 Å². The van der Waals surface area contributed by atoms with Crippen molar-refractivity contribution in [3.8, 4) is 11.5 Å². The van der Waals surface area contributed by atoms with E-state index in [1.807, 2.05) is 0 Å². The third-order valence-corrected chi connectivity index (χ3v) is 3.99. The normalized spacial score (nSPS) is 10.1. The number of hydrogen-bond donors (Lipinski definition) is 1. The summed E-state index contributed by atoms with van der Waals surface area (Å²) in [7, 11) is 2.71. The predicted octanol–water partition coefficient (Wildman–Crippen LogP) is 3.81. The van der Waals surface area contributed by atoms with Gasteiger partial charge in [-0.2, -0.15) is 0 Å². The van der Waals surface area contributed by atoms with E-state index in [4.69, 9.17) is 32.7 Å². The summed E-state index contributed by atoms with van der Waals surface area (Å²) in [4.78, 5) is 23.5. The van der Waals surface area contributed by atoms with Crippen molar-refractivity contribution < 1.29 is 23.8 Å². The number of methoxy groups -OCH3 is 2. The lowest BCUT2D eigenvalue weighted by Gasteiger charge is -2.12. The first-order chi connectivity index (χ1) is 12.0. The summed E-state index contributed by atoms with van der Waals surface area (Å²) in [5.74, 6) is -0.319. The molecule has 132 valence electrons. The number of esters is 1. The molecule has 2 aromatic carbocycles. The van der Waals surface area contributed by atoms with Gasteiger partial charge in [0.15, 0.2) is 18.1 Å². The Bertz CT molecular complexity index is 795. The van der Waals surface area contributed by atoms with Crippen molar-refractivity contribution in [2.75, 3.05) is 26.1 Å². The van der Waals surface area contributed by atoms with Gasteiger partial charge in [0.1, 0.15) is 0 Å². The fraction of sp³-hybridized carbons (Fsp3) is 0.176. The Morgan fingerprint density at radius 3 is 2.52 bits per heavy atom. The smallest absolute Gasteiger partial charge is 0.337 e. The summed E-state index contributed by atoms with van der Waals surface area (Å²) in [6.45, 7) is -0.281. The highest BCUT2D eigenvalue weighted by atomic mass is 35.5. The molecule has 0 aliphatic heterocycles.